The molecular weight excluding hydrogens is 200 g/mol. The number of aryl methyl sites for hydroxylation is 1. The SMILES string of the molecule is COc1c(C(=O)O)c(C)nc2ncnn12. The minimum atomic E-state index is -1.10. The van der Waals surface area contributed by atoms with Crippen LogP contribution in [0.25, 0.3) is 5.78 Å². The average Bonchev–Trinajstić information content (AvgIpc) is 2.62. The Morgan fingerprint density at radius 2 is 2.33 bits per heavy atom. The number of ether oxygens (including phenoxy) is 1. The van der Waals surface area contributed by atoms with Crippen LogP contribution in [0, 0.1) is 6.92 Å². The summed E-state index contributed by atoms with van der Waals surface area (Å²) in [6, 6.07) is 0. The Balaban J connectivity index is 2.88. The van der Waals surface area contributed by atoms with Crippen LogP contribution < -0.4 is 4.74 Å². The summed E-state index contributed by atoms with van der Waals surface area (Å²) in [5.74, 6) is -0.661. The summed E-state index contributed by atoms with van der Waals surface area (Å²) in [5, 5.41) is 12.8. The van der Waals surface area contributed by atoms with E-state index < -0.39 is 5.97 Å². The minimum Gasteiger partial charge on any atom is -0.480 e. The number of carbonyl (C=O) groups is 1. The van der Waals surface area contributed by atoms with Crippen LogP contribution in [0.4, 0.5) is 0 Å². The molecule has 2 aromatic rings. The molecule has 0 aliphatic carbocycles. The van der Waals surface area contributed by atoms with Gasteiger partial charge in [-0.1, -0.05) is 0 Å². The highest BCUT2D eigenvalue weighted by atomic mass is 16.5. The average molecular weight is 208 g/mol. The lowest BCUT2D eigenvalue weighted by Gasteiger charge is -2.07. The largest absolute Gasteiger partial charge is 0.480 e. The molecule has 0 aliphatic rings. The molecule has 7 nitrogen and oxygen atoms in total. The molecule has 2 heterocycles. The summed E-state index contributed by atoms with van der Waals surface area (Å²) in [7, 11) is 1.38. The van der Waals surface area contributed by atoms with Crippen LogP contribution in [0.1, 0.15) is 16.1 Å². The quantitative estimate of drug-likeness (QED) is 0.754. The van der Waals surface area contributed by atoms with Crippen molar-refractivity contribution in [3.63, 3.8) is 0 Å². The van der Waals surface area contributed by atoms with Gasteiger partial charge in [-0.2, -0.15) is 14.6 Å². The second-order valence-electron chi connectivity index (χ2n) is 2.86. The summed E-state index contributed by atoms with van der Waals surface area (Å²) >= 11 is 0. The molecule has 15 heavy (non-hydrogen) atoms. The molecule has 2 rings (SSSR count). The molecule has 0 saturated carbocycles. The predicted molar refractivity (Wildman–Crippen MR) is 49.0 cm³/mol. The van der Waals surface area contributed by atoms with E-state index in [0.717, 1.165) is 0 Å². The Labute approximate surface area is 84.3 Å². The van der Waals surface area contributed by atoms with Crippen molar-refractivity contribution in [3.05, 3.63) is 17.6 Å². The summed E-state index contributed by atoms with van der Waals surface area (Å²) in [5.41, 5.74) is 0.343. The van der Waals surface area contributed by atoms with Gasteiger partial charge in [0.1, 0.15) is 11.9 Å². The Kier molecular flexibility index (Phi) is 2.00. The maximum absolute atomic E-state index is 11.0. The van der Waals surface area contributed by atoms with Gasteiger partial charge >= 0.3 is 5.97 Å². The zero-order chi connectivity index (χ0) is 11.0. The number of fused-ring (bicyclic) bond motifs is 1. The number of hydrogen-bond acceptors (Lipinski definition) is 5. The van der Waals surface area contributed by atoms with Gasteiger partial charge in [0.15, 0.2) is 0 Å². The van der Waals surface area contributed by atoms with Crippen molar-refractivity contribution in [2.75, 3.05) is 7.11 Å². The monoisotopic (exact) mass is 208 g/mol. The Morgan fingerprint density at radius 3 is 2.93 bits per heavy atom. The van der Waals surface area contributed by atoms with Crippen LogP contribution in [-0.2, 0) is 0 Å². The van der Waals surface area contributed by atoms with Crippen molar-refractivity contribution < 1.29 is 14.6 Å². The van der Waals surface area contributed by atoms with E-state index in [1.165, 1.54) is 18.0 Å². The smallest absolute Gasteiger partial charge is 0.343 e. The van der Waals surface area contributed by atoms with E-state index in [9.17, 15) is 4.79 Å². The molecule has 1 N–H and O–H groups in total. The van der Waals surface area contributed by atoms with Gasteiger partial charge < -0.3 is 9.84 Å². The van der Waals surface area contributed by atoms with Crippen LogP contribution in [0.2, 0.25) is 0 Å². The molecule has 0 amide bonds. The summed E-state index contributed by atoms with van der Waals surface area (Å²) in [4.78, 5) is 18.8. The fourth-order valence-electron chi connectivity index (χ4n) is 1.36. The van der Waals surface area contributed by atoms with Crippen molar-refractivity contribution >= 4 is 11.7 Å². The van der Waals surface area contributed by atoms with Crippen LogP contribution >= 0.6 is 0 Å². The van der Waals surface area contributed by atoms with Gasteiger partial charge in [0.25, 0.3) is 5.78 Å². The first-order valence-electron chi connectivity index (χ1n) is 4.12. The van der Waals surface area contributed by atoms with Crippen molar-refractivity contribution in [2.24, 2.45) is 0 Å². The second kappa shape index (κ2) is 3.19. The van der Waals surface area contributed by atoms with Gasteiger partial charge in [-0.15, -0.1) is 0 Å². The van der Waals surface area contributed by atoms with Crippen LogP contribution in [0.5, 0.6) is 5.88 Å². The van der Waals surface area contributed by atoms with Crippen molar-refractivity contribution in [1.29, 1.82) is 0 Å². The molecule has 0 fully saturated rings. The van der Waals surface area contributed by atoms with E-state index in [4.69, 9.17) is 9.84 Å². The zero-order valence-corrected chi connectivity index (χ0v) is 8.13. The normalized spacial score (nSPS) is 10.5. The van der Waals surface area contributed by atoms with Gasteiger partial charge in [0.05, 0.1) is 12.8 Å². The molecule has 78 valence electrons. The molecule has 7 heteroatoms. The minimum absolute atomic E-state index is 0.00417. The lowest BCUT2D eigenvalue weighted by molar-refractivity contribution is 0.0690. The van der Waals surface area contributed by atoms with Gasteiger partial charge in [0.2, 0.25) is 5.88 Å². The summed E-state index contributed by atoms with van der Waals surface area (Å²) < 4.78 is 6.25. The number of methoxy groups -OCH3 is 1. The first-order valence-corrected chi connectivity index (χ1v) is 4.12. The first kappa shape index (κ1) is 9.38. The molecule has 0 bridgehead atoms. The number of rotatable bonds is 2. The summed E-state index contributed by atoms with van der Waals surface area (Å²) in [6.45, 7) is 1.58. The van der Waals surface area contributed by atoms with Crippen molar-refractivity contribution in [2.45, 2.75) is 6.92 Å². The number of carboxylic acids is 1. The maximum Gasteiger partial charge on any atom is 0.343 e. The van der Waals surface area contributed by atoms with Crippen molar-refractivity contribution in [3.8, 4) is 5.88 Å². The van der Waals surface area contributed by atoms with Crippen LogP contribution in [-0.4, -0.2) is 37.8 Å². The Bertz CT molecular complexity index is 534. The molecule has 0 atom stereocenters. The maximum atomic E-state index is 11.0. The number of aromatic carboxylic acids is 1. The molecule has 2 aromatic heterocycles. The standard InChI is InChI=1S/C8H8N4O3/c1-4-5(7(13)14)6(15-2)12-8(11-4)9-3-10-12/h3H,1-2H3,(H,13,14). The first-order chi connectivity index (χ1) is 7.15. The van der Waals surface area contributed by atoms with Crippen LogP contribution in [0.3, 0.4) is 0 Å². The highest BCUT2D eigenvalue weighted by molar-refractivity contribution is 5.91. The fraction of sp³-hybridized carbons (Fsp3) is 0.250. The number of nitrogens with zero attached hydrogens (tertiary/aromatic N) is 4. The van der Waals surface area contributed by atoms with Gasteiger partial charge in [-0.25, -0.2) is 9.78 Å². The number of aromatic nitrogens is 4. The molecule has 0 radical (unpaired) electrons. The van der Waals surface area contributed by atoms with E-state index >= 15 is 0 Å². The topological polar surface area (TPSA) is 89.6 Å². The fourth-order valence-corrected chi connectivity index (χ4v) is 1.36. The van der Waals surface area contributed by atoms with Gasteiger partial charge in [0, 0.05) is 0 Å². The highest BCUT2D eigenvalue weighted by Gasteiger charge is 2.20. The van der Waals surface area contributed by atoms with E-state index in [-0.39, 0.29) is 11.4 Å². The van der Waals surface area contributed by atoms with E-state index in [1.54, 1.807) is 6.92 Å². The molecule has 0 aliphatic heterocycles. The molecule has 0 saturated heterocycles. The summed E-state index contributed by atoms with van der Waals surface area (Å²) in [6.07, 6.45) is 1.29. The van der Waals surface area contributed by atoms with Crippen molar-refractivity contribution in [1.82, 2.24) is 19.6 Å². The van der Waals surface area contributed by atoms with E-state index in [2.05, 4.69) is 15.1 Å². The molecule has 0 spiro atoms. The second-order valence-corrected chi connectivity index (χ2v) is 2.86. The number of hydrogen-bond donors (Lipinski definition) is 1. The lowest BCUT2D eigenvalue weighted by atomic mass is 10.2. The molecule has 0 unspecified atom stereocenters. The third-order valence-electron chi connectivity index (χ3n) is 1.97. The van der Waals surface area contributed by atoms with Gasteiger partial charge in [-0.3, -0.25) is 0 Å². The lowest BCUT2D eigenvalue weighted by Crippen LogP contribution is -2.10. The third kappa shape index (κ3) is 1.28. The predicted octanol–water partition coefficient (Wildman–Crippen LogP) is 0.140. The van der Waals surface area contributed by atoms with Gasteiger partial charge in [-0.05, 0) is 6.92 Å². The highest BCUT2D eigenvalue weighted by Crippen LogP contribution is 2.20. The zero-order valence-electron chi connectivity index (χ0n) is 8.13. The molecule has 0 aromatic carbocycles. The van der Waals surface area contributed by atoms with E-state index in [1.807, 2.05) is 0 Å². The van der Waals surface area contributed by atoms with Crippen LogP contribution in [0.15, 0.2) is 6.33 Å². The van der Waals surface area contributed by atoms with E-state index in [0.29, 0.717) is 11.5 Å². The Morgan fingerprint density at radius 1 is 1.60 bits per heavy atom. The molecular formula is C8H8N4O3. The third-order valence-corrected chi connectivity index (χ3v) is 1.97. The number of carboxylic acid groups (broad SMARTS) is 1. The Hall–Kier alpha value is -2.18.